The number of nitrogens with one attached hydrogen (secondary N) is 2. The lowest BCUT2D eigenvalue weighted by Gasteiger charge is -2.08. The molecule has 4 nitrogen and oxygen atoms in total. The summed E-state index contributed by atoms with van der Waals surface area (Å²) >= 11 is 7.44. The third-order valence-corrected chi connectivity index (χ3v) is 4.72. The number of hydrogen-bond acceptors (Lipinski definition) is 3. The summed E-state index contributed by atoms with van der Waals surface area (Å²) in [5, 5.41) is 6.18. The Morgan fingerprint density at radius 1 is 1.04 bits per heavy atom. The molecule has 132 valence electrons. The average molecular weight is 377 g/mol. The largest absolute Gasteiger partial charge is 0.326 e. The zero-order chi connectivity index (χ0) is 18.1. The molecule has 0 aliphatic heterocycles. The van der Waals surface area contributed by atoms with Crippen molar-refractivity contribution >= 4 is 46.6 Å². The van der Waals surface area contributed by atoms with Gasteiger partial charge in [0.15, 0.2) is 0 Å². The molecule has 0 spiro atoms. The number of thioether (sulfide) groups is 1. The van der Waals surface area contributed by atoms with Crippen molar-refractivity contribution in [1.82, 2.24) is 0 Å². The van der Waals surface area contributed by atoms with Crippen LogP contribution in [0.1, 0.15) is 26.2 Å². The Balaban J connectivity index is 1.86. The molecule has 0 aliphatic carbocycles. The van der Waals surface area contributed by atoms with E-state index in [2.05, 4.69) is 17.6 Å². The SMILES string of the molecule is CCCCC(=O)Nc1cccc(SCC(=O)Nc2ccccc2Cl)c1. The molecule has 0 fully saturated rings. The van der Waals surface area contributed by atoms with Crippen LogP contribution >= 0.6 is 23.4 Å². The first-order valence-corrected chi connectivity index (χ1v) is 9.52. The summed E-state index contributed by atoms with van der Waals surface area (Å²) in [4.78, 5) is 24.8. The molecule has 2 amide bonds. The van der Waals surface area contributed by atoms with E-state index in [4.69, 9.17) is 11.6 Å². The van der Waals surface area contributed by atoms with Crippen LogP contribution in [-0.4, -0.2) is 17.6 Å². The van der Waals surface area contributed by atoms with Crippen molar-refractivity contribution in [3.05, 3.63) is 53.6 Å². The van der Waals surface area contributed by atoms with Crippen LogP contribution in [0, 0.1) is 0 Å². The summed E-state index contributed by atoms with van der Waals surface area (Å²) in [6.07, 6.45) is 2.39. The fraction of sp³-hybridized carbons (Fsp3) is 0.263. The topological polar surface area (TPSA) is 58.2 Å². The molecule has 0 saturated carbocycles. The quantitative estimate of drug-likeness (QED) is 0.622. The summed E-state index contributed by atoms with van der Waals surface area (Å²) in [6, 6.07) is 14.6. The molecule has 0 bridgehead atoms. The van der Waals surface area contributed by atoms with Gasteiger partial charge in [0.05, 0.1) is 16.5 Å². The fourth-order valence-electron chi connectivity index (χ4n) is 2.12. The molecule has 2 N–H and O–H groups in total. The van der Waals surface area contributed by atoms with Gasteiger partial charge in [0.1, 0.15) is 0 Å². The predicted molar refractivity (Wildman–Crippen MR) is 105 cm³/mol. The van der Waals surface area contributed by atoms with Gasteiger partial charge in [0.2, 0.25) is 11.8 Å². The van der Waals surface area contributed by atoms with E-state index in [1.165, 1.54) is 11.8 Å². The van der Waals surface area contributed by atoms with E-state index < -0.39 is 0 Å². The highest BCUT2D eigenvalue weighted by Crippen LogP contribution is 2.24. The summed E-state index contributed by atoms with van der Waals surface area (Å²) < 4.78 is 0. The number of carbonyl (C=O) groups is 2. The molecule has 0 aliphatic rings. The fourth-order valence-corrected chi connectivity index (χ4v) is 3.06. The minimum Gasteiger partial charge on any atom is -0.326 e. The van der Waals surface area contributed by atoms with Gasteiger partial charge in [-0.05, 0) is 36.8 Å². The second kappa shape index (κ2) is 10.1. The predicted octanol–water partition coefficient (Wildman–Crippen LogP) is 5.20. The van der Waals surface area contributed by atoms with Crippen LogP contribution in [0.15, 0.2) is 53.4 Å². The molecule has 0 atom stereocenters. The lowest BCUT2D eigenvalue weighted by atomic mass is 10.2. The first kappa shape index (κ1) is 19.3. The lowest BCUT2D eigenvalue weighted by Crippen LogP contribution is -2.14. The zero-order valence-electron chi connectivity index (χ0n) is 14.0. The average Bonchev–Trinajstić information content (AvgIpc) is 2.60. The van der Waals surface area contributed by atoms with Crippen LogP contribution in [0.2, 0.25) is 5.02 Å². The van der Waals surface area contributed by atoms with Crippen molar-refractivity contribution in [2.45, 2.75) is 31.1 Å². The maximum atomic E-state index is 12.1. The van der Waals surface area contributed by atoms with Crippen LogP contribution in [0.5, 0.6) is 0 Å². The Bertz CT molecular complexity index is 737. The summed E-state index contributed by atoms with van der Waals surface area (Å²) in [7, 11) is 0. The van der Waals surface area contributed by atoms with Gasteiger partial charge in [-0.15, -0.1) is 11.8 Å². The van der Waals surface area contributed by atoms with Gasteiger partial charge in [-0.1, -0.05) is 43.1 Å². The number of halogens is 1. The molecule has 0 radical (unpaired) electrons. The first-order valence-electron chi connectivity index (χ1n) is 8.15. The molecule has 6 heteroatoms. The number of amides is 2. The Labute approximate surface area is 157 Å². The Morgan fingerprint density at radius 2 is 1.84 bits per heavy atom. The summed E-state index contributed by atoms with van der Waals surface area (Å²) in [5.41, 5.74) is 1.35. The van der Waals surface area contributed by atoms with Crippen LogP contribution in [0.25, 0.3) is 0 Å². The van der Waals surface area contributed by atoms with Gasteiger partial charge in [-0.25, -0.2) is 0 Å². The zero-order valence-corrected chi connectivity index (χ0v) is 15.6. The van der Waals surface area contributed by atoms with Gasteiger partial charge in [0.25, 0.3) is 0 Å². The lowest BCUT2D eigenvalue weighted by molar-refractivity contribution is -0.116. The second-order valence-electron chi connectivity index (χ2n) is 5.50. The smallest absolute Gasteiger partial charge is 0.234 e. The minimum atomic E-state index is -0.129. The number of hydrogen-bond donors (Lipinski definition) is 2. The van der Waals surface area contributed by atoms with Crippen LogP contribution in [0.3, 0.4) is 0 Å². The van der Waals surface area contributed by atoms with Crippen LogP contribution in [-0.2, 0) is 9.59 Å². The molecule has 0 unspecified atom stereocenters. The third-order valence-electron chi connectivity index (χ3n) is 3.39. The summed E-state index contributed by atoms with van der Waals surface area (Å²) in [5.74, 6) is 0.147. The monoisotopic (exact) mass is 376 g/mol. The van der Waals surface area contributed by atoms with E-state index in [0.717, 1.165) is 23.4 Å². The van der Waals surface area contributed by atoms with Gasteiger partial charge in [0, 0.05) is 17.0 Å². The van der Waals surface area contributed by atoms with Crippen molar-refractivity contribution in [3.63, 3.8) is 0 Å². The van der Waals surface area contributed by atoms with Gasteiger partial charge >= 0.3 is 0 Å². The highest BCUT2D eigenvalue weighted by molar-refractivity contribution is 8.00. The molecule has 0 aromatic heterocycles. The molecular formula is C19H21ClN2O2S. The van der Waals surface area contributed by atoms with Crippen LogP contribution < -0.4 is 10.6 Å². The van der Waals surface area contributed by atoms with Gasteiger partial charge in [-0.2, -0.15) is 0 Å². The minimum absolute atomic E-state index is 0.0143. The number of benzene rings is 2. The number of carbonyl (C=O) groups excluding carboxylic acids is 2. The van der Waals surface area contributed by atoms with E-state index in [1.54, 1.807) is 12.1 Å². The van der Waals surface area contributed by atoms with Crippen molar-refractivity contribution < 1.29 is 9.59 Å². The number of unbranched alkanes of at least 4 members (excludes halogenated alkanes) is 1. The normalized spacial score (nSPS) is 10.3. The Morgan fingerprint density at radius 3 is 2.60 bits per heavy atom. The molecule has 2 rings (SSSR count). The molecule has 25 heavy (non-hydrogen) atoms. The first-order chi connectivity index (χ1) is 12.1. The number of rotatable bonds is 8. The standard InChI is InChI=1S/C19H21ClN2O2S/c1-2-3-11-18(23)21-14-7-6-8-15(12-14)25-13-19(24)22-17-10-5-4-9-16(17)20/h4-10,12H,2-3,11,13H2,1H3,(H,21,23)(H,22,24). The third kappa shape index (κ3) is 6.80. The molecule has 0 heterocycles. The molecular weight excluding hydrogens is 356 g/mol. The van der Waals surface area contributed by atoms with E-state index in [1.807, 2.05) is 36.4 Å². The van der Waals surface area contributed by atoms with E-state index in [9.17, 15) is 9.59 Å². The van der Waals surface area contributed by atoms with E-state index >= 15 is 0 Å². The van der Waals surface area contributed by atoms with E-state index in [0.29, 0.717) is 17.1 Å². The van der Waals surface area contributed by atoms with Crippen molar-refractivity contribution in [2.75, 3.05) is 16.4 Å². The summed E-state index contributed by atoms with van der Waals surface area (Å²) in [6.45, 7) is 2.05. The van der Waals surface area contributed by atoms with Gasteiger partial charge in [-0.3, -0.25) is 9.59 Å². The maximum absolute atomic E-state index is 12.1. The molecule has 2 aromatic rings. The van der Waals surface area contributed by atoms with E-state index in [-0.39, 0.29) is 17.6 Å². The highest BCUT2D eigenvalue weighted by Gasteiger charge is 2.07. The van der Waals surface area contributed by atoms with Gasteiger partial charge < -0.3 is 10.6 Å². The van der Waals surface area contributed by atoms with Crippen molar-refractivity contribution in [3.8, 4) is 0 Å². The second-order valence-corrected chi connectivity index (χ2v) is 6.95. The molecule has 2 aromatic carbocycles. The maximum Gasteiger partial charge on any atom is 0.234 e. The highest BCUT2D eigenvalue weighted by atomic mass is 35.5. The Hall–Kier alpha value is -1.98. The number of anilines is 2. The number of para-hydroxylation sites is 1. The van der Waals surface area contributed by atoms with Crippen molar-refractivity contribution in [2.24, 2.45) is 0 Å². The molecule has 0 saturated heterocycles. The Kier molecular flexibility index (Phi) is 7.82. The van der Waals surface area contributed by atoms with Crippen LogP contribution in [0.4, 0.5) is 11.4 Å². The van der Waals surface area contributed by atoms with Crippen molar-refractivity contribution in [1.29, 1.82) is 0 Å².